The third-order valence-electron chi connectivity index (χ3n) is 6.02. The summed E-state index contributed by atoms with van der Waals surface area (Å²) in [6, 6.07) is 3.90. The van der Waals surface area contributed by atoms with E-state index in [1.54, 1.807) is 21.3 Å². The van der Waals surface area contributed by atoms with Crippen molar-refractivity contribution >= 4 is 0 Å². The van der Waals surface area contributed by atoms with Crippen LogP contribution in [0.15, 0.2) is 12.1 Å². The Hall–Kier alpha value is -1.50. The largest absolute Gasteiger partial charge is 0.496 e. The molecule has 1 saturated heterocycles. The van der Waals surface area contributed by atoms with Gasteiger partial charge in [0.2, 0.25) is 0 Å². The first-order chi connectivity index (χ1) is 13.2. The maximum Gasteiger partial charge on any atom is 0.164 e. The number of nitrogens with zero attached hydrogens (tertiary/aromatic N) is 1. The average Bonchev–Trinajstić information content (AvgIpc) is 2.74. The Kier molecular flexibility index (Phi) is 7.21. The smallest absolute Gasteiger partial charge is 0.164 e. The van der Waals surface area contributed by atoms with Gasteiger partial charge in [-0.25, -0.2) is 0 Å². The van der Waals surface area contributed by atoms with Crippen LogP contribution in [0, 0.1) is 0 Å². The minimum atomic E-state index is 0.256. The van der Waals surface area contributed by atoms with Crippen molar-refractivity contribution in [2.24, 2.45) is 0 Å². The van der Waals surface area contributed by atoms with E-state index in [2.05, 4.69) is 10.2 Å². The summed E-state index contributed by atoms with van der Waals surface area (Å²) in [7, 11) is 5.00. The third kappa shape index (κ3) is 4.68. The van der Waals surface area contributed by atoms with E-state index in [0.29, 0.717) is 5.75 Å². The van der Waals surface area contributed by atoms with Crippen LogP contribution in [0.25, 0.3) is 0 Å². The summed E-state index contributed by atoms with van der Waals surface area (Å²) < 4.78 is 22.0. The zero-order chi connectivity index (χ0) is 19.1. The Balaban J connectivity index is 1.69. The SMILES string of the molecule is COc1cc(OC)c(OC)cc1CNCC1(N2CCOCC2)CCCCC1. The zero-order valence-electron chi connectivity index (χ0n) is 17.0. The third-order valence-corrected chi connectivity index (χ3v) is 6.02. The van der Waals surface area contributed by atoms with Crippen LogP contribution >= 0.6 is 0 Å². The van der Waals surface area contributed by atoms with E-state index in [1.807, 2.05) is 12.1 Å². The number of nitrogens with one attached hydrogen (secondary N) is 1. The molecule has 0 bridgehead atoms. The average molecular weight is 379 g/mol. The number of rotatable bonds is 8. The van der Waals surface area contributed by atoms with E-state index in [4.69, 9.17) is 18.9 Å². The van der Waals surface area contributed by atoms with Gasteiger partial charge in [-0.2, -0.15) is 0 Å². The van der Waals surface area contributed by atoms with Gasteiger partial charge in [-0.15, -0.1) is 0 Å². The van der Waals surface area contributed by atoms with Crippen molar-refractivity contribution in [2.75, 3.05) is 54.2 Å². The van der Waals surface area contributed by atoms with Crippen molar-refractivity contribution in [3.05, 3.63) is 17.7 Å². The number of methoxy groups -OCH3 is 3. The number of ether oxygens (including phenoxy) is 4. The van der Waals surface area contributed by atoms with E-state index >= 15 is 0 Å². The van der Waals surface area contributed by atoms with Crippen molar-refractivity contribution in [3.8, 4) is 17.2 Å². The molecule has 0 unspecified atom stereocenters. The molecule has 1 saturated carbocycles. The summed E-state index contributed by atoms with van der Waals surface area (Å²) in [5.74, 6) is 2.25. The molecule has 2 aliphatic rings. The maximum absolute atomic E-state index is 5.58. The summed E-state index contributed by atoms with van der Waals surface area (Å²) in [6.07, 6.45) is 6.53. The first kappa shape index (κ1) is 20.2. The molecule has 27 heavy (non-hydrogen) atoms. The fraction of sp³-hybridized carbons (Fsp3) is 0.714. The molecule has 2 fully saturated rings. The minimum absolute atomic E-state index is 0.256. The van der Waals surface area contributed by atoms with Crippen LogP contribution in [0.3, 0.4) is 0 Å². The highest BCUT2D eigenvalue weighted by molar-refractivity contribution is 5.50. The standard InChI is InChI=1S/C21H34N2O4/c1-24-18-14-20(26-3)19(25-2)13-17(18)15-22-16-21(7-5-4-6-8-21)23-9-11-27-12-10-23/h13-14,22H,4-12,15-16H2,1-3H3. The molecule has 0 atom stereocenters. The van der Waals surface area contributed by atoms with E-state index < -0.39 is 0 Å². The highest BCUT2D eigenvalue weighted by Crippen LogP contribution is 2.36. The monoisotopic (exact) mass is 378 g/mol. The molecule has 0 aromatic heterocycles. The lowest BCUT2D eigenvalue weighted by molar-refractivity contribution is -0.0369. The Bertz CT molecular complexity index is 596. The lowest BCUT2D eigenvalue weighted by Gasteiger charge is -2.48. The van der Waals surface area contributed by atoms with Crippen LogP contribution in [0.2, 0.25) is 0 Å². The second-order valence-electron chi connectivity index (χ2n) is 7.51. The molecule has 1 heterocycles. The van der Waals surface area contributed by atoms with Crippen molar-refractivity contribution in [1.29, 1.82) is 0 Å². The molecule has 1 aliphatic heterocycles. The van der Waals surface area contributed by atoms with Crippen molar-refractivity contribution < 1.29 is 18.9 Å². The van der Waals surface area contributed by atoms with Gasteiger partial charge in [0.25, 0.3) is 0 Å². The van der Waals surface area contributed by atoms with Gasteiger partial charge < -0.3 is 24.3 Å². The van der Waals surface area contributed by atoms with Crippen molar-refractivity contribution in [1.82, 2.24) is 10.2 Å². The van der Waals surface area contributed by atoms with E-state index in [9.17, 15) is 0 Å². The van der Waals surface area contributed by atoms with Crippen LogP contribution in [0.1, 0.15) is 37.7 Å². The van der Waals surface area contributed by atoms with Gasteiger partial charge in [-0.1, -0.05) is 19.3 Å². The van der Waals surface area contributed by atoms with Gasteiger partial charge in [-0.05, 0) is 18.9 Å². The molecule has 1 N–H and O–H groups in total. The van der Waals surface area contributed by atoms with E-state index in [0.717, 1.165) is 56.5 Å². The zero-order valence-corrected chi connectivity index (χ0v) is 17.0. The number of benzene rings is 1. The molecule has 1 aliphatic carbocycles. The predicted octanol–water partition coefficient (Wildman–Crippen LogP) is 2.84. The lowest BCUT2D eigenvalue weighted by atomic mass is 9.79. The molecule has 6 nitrogen and oxygen atoms in total. The molecule has 152 valence electrons. The number of hydrogen-bond donors (Lipinski definition) is 1. The van der Waals surface area contributed by atoms with Crippen LogP contribution in [-0.2, 0) is 11.3 Å². The summed E-state index contributed by atoms with van der Waals surface area (Å²) in [5.41, 5.74) is 1.34. The van der Waals surface area contributed by atoms with Gasteiger partial charge in [0, 0.05) is 43.3 Å². The number of hydrogen-bond acceptors (Lipinski definition) is 6. The molecule has 3 rings (SSSR count). The molecular formula is C21H34N2O4. The van der Waals surface area contributed by atoms with Crippen LogP contribution in [0.5, 0.6) is 17.2 Å². The Labute approximate surface area is 163 Å². The first-order valence-electron chi connectivity index (χ1n) is 10.0. The van der Waals surface area contributed by atoms with Gasteiger partial charge in [0.1, 0.15) is 5.75 Å². The van der Waals surface area contributed by atoms with Gasteiger partial charge in [0.15, 0.2) is 11.5 Å². The van der Waals surface area contributed by atoms with Gasteiger partial charge >= 0.3 is 0 Å². The Morgan fingerprint density at radius 1 is 0.926 bits per heavy atom. The second kappa shape index (κ2) is 9.62. The Morgan fingerprint density at radius 3 is 2.19 bits per heavy atom. The summed E-state index contributed by atoms with van der Waals surface area (Å²) >= 11 is 0. The van der Waals surface area contributed by atoms with E-state index in [-0.39, 0.29) is 5.54 Å². The topological polar surface area (TPSA) is 52.2 Å². The van der Waals surface area contributed by atoms with Crippen LogP contribution < -0.4 is 19.5 Å². The summed E-state index contributed by atoms with van der Waals surface area (Å²) in [5, 5.41) is 3.71. The first-order valence-corrected chi connectivity index (χ1v) is 10.0. The molecule has 6 heteroatoms. The second-order valence-corrected chi connectivity index (χ2v) is 7.51. The van der Waals surface area contributed by atoms with Crippen LogP contribution in [0.4, 0.5) is 0 Å². The highest BCUT2D eigenvalue weighted by atomic mass is 16.5. The van der Waals surface area contributed by atoms with Crippen molar-refractivity contribution in [3.63, 3.8) is 0 Å². The van der Waals surface area contributed by atoms with Crippen LogP contribution in [-0.4, -0.2) is 64.6 Å². The molecule has 0 amide bonds. The lowest BCUT2D eigenvalue weighted by Crippen LogP contribution is -2.59. The van der Waals surface area contributed by atoms with Gasteiger partial charge in [-0.3, -0.25) is 4.90 Å². The molecule has 0 radical (unpaired) electrons. The predicted molar refractivity (Wildman–Crippen MR) is 106 cm³/mol. The summed E-state index contributed by atoms with van der Waals surface area (Å²) in [4.78, 5) is 2.66. The Morgan fingerprint density at radius 2 is 1.56 bits per heavy atom. The highest BCUT2D eigenvalue weighted by Gasteiger charge is 2.38. The minimum Gasteiger partial charge on any atom is -0.496 e. The molecule has 1 aromatic carbocycles. The summed E-state index contributed by atoms with van der Waals surface area (Å²) in [6.45, 7) is 5.53. The molecular weight excluding hydrogens is 344 g/mol. The molecule has 0 spiro atoms. The number of morpholine rings is 1. The fourth-order valence-electron chi connectivity index (χ4n) is 4.51. The quantitative estimate of drug-likeness (QED) is 0.751. The maximum atomic E-state index is 5.58. The van der Waals surface area contributed by atoms with E-state index in [1.165, 1.54) is 32.1 Å². The van der Waals surface area contributed by atoms with Crippen molar-refractivity contribution in [2.45, 2.75) is 44.2 Å². The molecule has 1 aromatic rings. The van der Waals surface area contributed by atoms with Gasteiger partial charge in [0.05, 0.1) is 34.5 Å². The fourth-order valence-corrected chi connectivity index (χ4v) is 4.51. The normalized spacial score (nSPS) is 20.3.